The molecule has 0 bridgehead atoms. The molecule has 3 aliphatic rings. The summed E-state index contributed by atoms with van der Waals surface area (Å²) >= 11 is 0. The number of rotatable bonds is 4. The largest absolute Gasteiger partial charge is 0.356 e. The zero-order valence-electron chi connectivity index (χ0n) is 14.2. The number of hydrogen-bond acceptors (Lipinski definition) is 6. The van der Waals surface area contributed by atoms with Crippen molar-refractivity contribution >= 4 is 24.0 Å². The van der Waals surface area contributed by atoms with E-state index in [-0.39, 0.29) is 0 Å². The Bertz CT molecular complexity index is 540. The first-order valence-corrected chi connectivity index (χ1v) is 9.17. The number of amides is 1. The third kappa shape index (κ3) is 3.12. The lowest BCUT2D eigenvalue weighted by Crippen LogP contribution is -2.46. The van der Waals surface area contributed by atoms with Gasteiger partial charge < -0.3 is 19.6 Å². The van der Waals surface area contributed by atoms with Gasteiger partial charge in [-0.25, -0.2) is 0 Å². The molecule has 0 unspecified atom stereocenters. The summed E-state index contributed by atoms with van der Waals surface area (Å²) < 4.78 is 0. The Morgan fingerprint density at radius 3 is 1.75 bits per heavy atom. The molecule has 24 heavy (non-hydrogen) atoms. The van der Waals surface area contributed by atoms with Crippen molar-refractivity contribution in [1.82, 2.24) is 14.9 Å². The topological polar surface area (TPSA) is 55.8 Å². The van der Waals surface area contributed by atoms with Crippen LogP contribution in [0.25, 0.3) is 0 Å². The molecular weight excluding hydrogens is 304 g/mol. The van der Waals surface area contributed by atoms with Crippen molar-refractivity contribution in [1.29, 1.82) is 0 Å². The second-order valence-electron chi connectivity index (χ2n) is 6.90. The molecule has 1 aromatic rings. The van der Waals surface area contributed by atoms with E-state index in [2.05, 4.69) is 20.8 Å². The van der Waals surface area contributed by atoms with Crippen LogP contribution in [0.4, 0.5) is 17.6 Å². The van der Waals surface area contributed by atoms with Crippen LogP contribution in [0.5, 0.6) is 0 Å². The number of carbonyl (C=O) groups excluding carboxylic acids is 1. The predicted molar refractivity (Wildman–Crippen MR) is 94.8 cm³/mol. The van der Waals surface area contributed by atoms with Crippen LogP contribution in [0.15, 0.2) is 6.07 Å². The van der Waals surface area contributed by atoms with Gasteiger partial charge in [-0.05, 0) is 25.7 Å². The van der Waals surface area contributed by atoms with Gasteiger partial charge in [0.25, 0.3) is 0 Å². The average molecular weight is 330 g/mol. The molecule has 130 valence electrons. The number of piperazine rings is 1. The molecule has 0 N–H and O–H groups in total. The normalized spacial score (nSPS) is 21.7. The average Bonchev–Trinajstić information content (AvgIpc) is 3.35. The number of aromatic nitrogens is 2. The van der Waals surface area contributed by atoms with Gasteiger partial charge in [0.2, 0.25) is 12.4 Å². The van der Waals surface area contributed by atoms with Gasteiger partial charge in [0.1, 0.15) is 11.6 Å². The van der Waals surface area contributed by atoms with Crippen LogP contribution in [0, 0.1) is 0 Å². The number of hydrogen-bond donors (Lipinski definition) is 0. The Labute approximate surface area is 143 Å². The minimum Gasteiger partial charge on any atom is -0.356 e. The van der Waals surface area contributed by atoms with Crippen molar-refractivity contribution in [3.63, 3.8) is 0 Å². The molecule has 1 amide bonds. The van der Waals surface area contributed by atoms with Crippen LogP contribution in [-0.4, -0.2) is 73.6 Å². The number of nitrogens with zero attached hydrogens (tertiary/aromatic N) is 6. The lowest BCUT2D eigenvalue weighted by atomic mass is 10.3. The van der Waals surface area contributed by atoms with Crippen LogP contribution in [0.1, 0.15) is 25.7 Å². The summed E-state index contributed by atoms with van der Waals surface area (Å²) in [6.07, 6.45) is 5.89. The van der Waals surface area contributed by atoms with E-state index in [1.807, 2.05) is 4.90 Å². The maximum atomic E-state index is 10.9. The zero-order valence-corrected chi connectivity index (χ0v) is 14.2. The SMILES string of the molecule is O=CN1CCN(c2cc(N3CCCC3)nc(N3CCCC3)n2)CC1. The molecule has 0 radical (unpaired) electrons. The van der Waals surface area contributed by atoms with Gasteiger partial charge in [-0.1, -0.05) is 0 Å². The Morgan fingerprint density at radius 1 is 0.708 bits per heavy atom. The van der Waals surface area contributed by atoms with Crippen LogP contribution in [0.3, 0.4) is 0 Å². The number of anilines is 3. The second kappa shape index (κ2) is 6.83. The molecule has 4 heterocycles. The van der Waals surface area contributed by atoms with Crippen LogP contribution >= 0.6 is 0 Å². The van der Waals surface area contributed by atoms with E-state index in [1.54, 1.807) is 0 Å². The first-order valence-electron chi connectivity index (χ1n) is 9.17. The molecule has 4 rings (SSSR count). The lowest BCUT2D eigenvalue weighted by Gasteiger charge is -2.34. The van der Waals surface area contributed by atoms with E-state index in [0.717, 1.165) is 76.4 Å². The highest BCUT2D eigenvalue weighted by atomic mass is 16.1. The quantitative estimate of drug-likeness (QED) is 0.767. The summed E-state index contributed by atoms with van der Waals surface area (Å²) in [5.74, 6) is 2.96. The van der Waals surface area contributed by atoms with Gasteiger partial charge >= 0.3 is 0 Å². The molecule has 0 aliphatic carbocycles. The van der Waals surface area contributed by atoms with Crippen molar-refractivity contribution in [2.45, 2.75) is 25.7 Å². The molecule has 1 aromatic heterocycles. The fraction of sp³-hybridized carbons (Fsp3) is 0.706. The minimum atomic E-state index is 0.769. The zero-order chi connectivity index (χ0) is 16.4. The molecule has 7 heteroatoms. The van der Waals surface area contributed by atoms with Crippen LogP contribution in [-0.2, 0) is 4.79 Å². The van der Waals surface area contributed by atoms with Gasteiger partial charge in [0.15, 0.2) is 0 Å². The molecule has 0 atom stereocenters. The molecule has 0 spiro atoms. The summed E-state index contributed by atoms with van der Waals surface area (Å²) in [6, 6.07) is 2.14. The van der Waals surface area contributed by atoms with Crippen molar-refractivity contribution < 1.29 is 4.79 Å². The summed E-state index contributed by atoms with van der Waals surface area (Å²) in [7, 11) is 0. The van der Waals surface area contributed by atoms with E-state index >= 15 is 0 Å². The highest BCUT2D eigenvalue weighted by Gasteiger charge is 2.23. The van der Waals surface area contributed by atoms with Gasteiger partial charge in [-0.15, -0.1) is 0 Å². The highest BCUT2D eigenvalue weighted by molar-refractivity contribution is 5.57. The number of carbonyl (C=O) groups is 1. The van der Waals surface area contributed by atoms with E-state index < -0.39 is 0 Å². The Kier molecular flexibility index (Phi) is 4.40. The van der Waals surface area contributed by atoms with E-state index in [4.69, 9.17) is 9.97 Å². The Balaban J connectivity index is 1.60. The second-order valence-corrected chi connectivity index (χ2v) is 6.90. The van der Waals surface area contributed by atoms with E-state index in [0.29, 0.717) is 0 Å². The fourth-order valence-electron chi connectivity index (χ4n) is 3.80. The van der Waals surface area contributed by atoms with Gasteiger partial charge in [-0.2, -0.15) is 9.97 Å². The van der Waals surface area contributed by atoms with Gasteiger partial charge in [-0.3, -0.25) is 4.79 Å². The molecule has 3 aliphatic heterocycles. The first kappa shape index (κ1) is 15.5. The summed E-state index contributed by atoms with van der Waals surface area (Å²) in [4.78, 5) is 29.5. The van der Waals surface area contributed by atoms with E-state index in [1.165, 1.54) is 25.7 Å². The molecule has 0 aromatic carbocycles. The summed E-state index contributed by atoms with van der Waals surface area (Å²) in [5, 5.41) is 0. The molecule has 3 fully saturated rings. The smallest absolute Gasteiger partial charge is 0.229 e. The third-order valence-corrected chi connectivity index (χ3v) is 5.29. The monoisotopic (exact) mass is 330 g/mol. The molecular formula is C17H26N6O. The van der Waals surface area contributed by atoms with Gasteiger partial charge in [0.05, 0.1) is 0 Å². The molecule has 0 saturated carbocycles. The third-order valence-electron chi connectivity index (χ3n) is 5.29. The predicted octanol–water partition coefficient (Wildman–Crippen LogP) is 0.955. The Hall–Kier alpha value is -2.05. The highest BCUT2D eigenvalue weighted by Crippen LogP contribution is 2.27. The maximum Gasteiger partial charge on any atom is 0.229 e. The Morgan fingerprint density at radius 2 is 1.21 bits per heavy atom. The van der Waals surface area contributed by atoms with Crippen molar-refractivity contribution in [3.8, 4) is 0 Å². The van der Waals surface area contributed by atoms with Crippen molar-refractivity contribution in [2.24, 2.45) is 0 Å². The molecule has 7 nitrogen and oxygen atoms in total. The fourth-order valence-corrected chi connectivity index (χ4v) is 3.80. The minimum absolute atomic E-state index is 0.769. The lowest BCUT2D eigenvalue weighted by molar-refractivity contribution is -0.118. The summed E-state index contributed by atoms with van der Waals surface area (Å²) in [6.45, 7) is 7.52. The maximum absolute atomic E-state index is 10.9. The molecule has 3 saturated heterocycles. The van der Waals surface area contributed by atoms with Crippen molar-refractivity contribution in [3.05, 3.63) is 6.07 Å². The van der Waals surface area contributed by atoms with Gasteiger partial charge in [0, 0.05) is 58.4 Å². The van der Waals surface area contributed by atoms with Crippen molar-refractivity contribution in [2.75, 3.05) is 67.1 Å². The van der Waals surface area contributed by atoms with Crippen LogP contribution < -0.4 is 14.7 Å². The standard InChI is InChI=1S/C17H26N6O/c24-14-20-9-11-22(12-10-20)16-13-15(21-5-1-2-6-21)18-17(19-16)23-7-3-4-8-23/h13-14H,1-12H2. The first-order chi connectivity index (χ1) is 11.8. The van der Waals surface area contributed by atoms with Crippen LogP contribution in [0.2, 0.25) is 0 Å². The summed E-state index contributed by atoms with van der Waals surface area (Å²) in [5.41, 5.74) is 0. The van der Waals surface area contributed by atoms with E-state index in [9.17, 15) is 4.79 Å².